The maximum absolute atomic E-state index is 13.4. The van der Waals surface area contributed by atoms with Gasteiger partial charge < -0.3 is 19.5 Å². The molecule has 2 aromatic rings. The smallest absolute Gasteiger partial charge is 0.341 e. The Bertz CT molecular complexity index is 1080. The fourth-order valence-electron chi connectivity index (χ4n) is 3.52. The molecule has 0 radical (unpaired) electrons. The molecular weight excluding hydrogens is 392 g/mol. The molecule has 1 aromatic heterocycles. The zero-order chi connectivity index (χ0) is 22.0. The van der Waals surface area contributed by atoms with Gasteiger partial charge in [0.05, 0.1) is 25.5 Å². The normalized spacial score (nSPS) is 13.2. The molecule has 0 bridgehead atoms. The molecule has 0 unspecified atom stereocenters. The molecule has 3 rings (SSSR count). The van der Waals surface area contributed by atoms with Crippen molar-refractivity contribution in [1.29, 1.82) is 0 Å². The van der Waals surface area contributed by atoms with Crippen LogP contribution in [-0.2, 0) is 9.47 Å². The number of phenols is 1. The maximum atomic E-state index is 13.4. The van der Waals surface area contributed by atoms with E-state index in [-0.39, 0.29) is 28.3 Å². The third-order valence-corrected chi connectivity index (χ3v) is 4.98. The number of pyridine rings is 1. The standard InChI is InChI=1S/C21H22N2O7/c1-12-6-7-14(15(24)10-12)23-16(25)11-13(20(27)29-2)17(21(28)30-3)18(23)19(26)22-8-4-5-9-22/h6-7,10-11,24H,4-5,8-9H2,1-3H3. The van der Waals surface area contributed by atoms with E-state index in [4.69, 9.17) is 9.47 Å². The number of aromatic hydroxyl groups is 1. The number of phenolic OH excluding ortho intramolecular Hbond substituents is 1. The number of rotatable bonds is 4. The van der Waals surface area contributed by atoms with Crippen LogP contribution in [0.4, 0.5) is 0 Å². The van der Waals surface area contributed by atoms with Crippen molar-refractivity contribution in [3.8, 4) is 11.4 Å². The van der Waals surface area contributed by atoms with Crippen LogP contribution in [-0.4, -0.2) is 59.7 Å². The molecule has 1 aliphatic rings. The molecule has 1 fully saturated rings. The fraction of sp³-hybridized carbons (Fsp3) is 0.333. The second-order valence-electron chi connectivity index (χ2n) is 6.93. The van der Waals surface area contributed by atoms with Crippen molar-refractivity contribution < 1.29 is 29.0 Å². The van der Waals surface area contributed by atoms with Crippen LogP contribution in [0.2, 0.25) is 0 Å². The Labute approximate surface area is 172 Å². The van der Waals surface area contributed by atoms with Gasteiger partial charge in [-0.3, -0.25) is 14.2 Å². The molecule has 1 N–H and O–H groups in total. The maximum Gasteiger partial charge on any atom is 0.341 e. The van der Waals surface area contributed by atoms with Gasteiger partial charge in [0.2, 0.25) is 0 Å². The molecule has 0 aliphatic carbocycles. The molecule has 30 heavy (non-hydrogen) atoms. The molecule has 0 saturated carbocycles. The summed E-state index contributed by atoms with van der Waals surface area (Å²) in [6.45, 7) is 2.63. The molecule has 0 spiro atoms. The Morgan fingerprint density at radius 3 is 2.20 bits per heavy atom. The highest BCUT2D eigenvalue weighted by atomic mass is 16.5. The summed E-state index contributed by atoms with van der Waals surface area (Å²) >= 11 is 0. The Morgan fingerprint density at radius 1 is 1.00 bits per heavy atom. The topological polar surface area (TPSA) is 115 Å². The zero-order valence-electron chi connectivity index (χ0n) is 16.9. The SMILES string of the molecule is COC(=O)c1cc(=O)n(-c2ccc(C)cc2O)c(C(=O)N2CCCC2)c1C(=O)OC. The number of aromatic nitrogens is 1. The molecule has 9 nitrogen and oxygen atoms in total. The third-order valence-electron chi connectivity index (χ3n) is 4.98. The highest BCUT2D eigenvalue weighted by Gasteiger charge is 2.34. The number of aryl methyl sites for hydroxylation is 1. The van der Waals surface area contributed by atoms with Crippen molar-refractivity contribution in [2.75, 3.05) is 27.3 Å². The molecule has 0 atom stereocenters. The first-order valence-corrected chi connectivity index (χ1v) is 9.36. The van der Waals surface area contributed by atoms with E-state index in [1.165, 1.54) is 17.0 Å². The van der Waals surface area contributed by atoms with Crippen LogP contribution >= 0.6 is 0 Å². The van der Waals surface area contributed by atoms with Crippen molar-refractivity contribution in [2.24, 2.45) is 0 Å². The molecule has 158 valence electrons. The quantitative estimate of drug-likeness (QED) is 0.757. The second kappa shape index (κ2) is 8.40. The van der Waals surface area contributed by atoms with Gasteiger partial charge in [-0.25, -0.2) is 9.59 Å². The van der Waals surface area contributed by atoms with Gasteiger partial charge in [-0.1, -0.05) is 6.07 Å². The average Bonchev–Trinajstić information content (AvgIpc) is 3.27. The van der Waals surface area contributed by atoms with Crippen LogP contribution in [0.3, 0.4) is 0 Å². The molecule has 9 heteroatoms. The number of benzene rings is 1. The molecular formula is C21H22N2O7. The largest absolute Gasteiger partial charge is 0.506 e. The molecule has 1 aliphatic heterocycles. The van der Waals surface area contributed by atoms with Crippen molar-refractivity contribution in [2.45, 2.75) is 19.8 Å². The van der Waals surface area contributed by atoms with Crippen molar-refractivity contribution in [3.63, 3.8) is 0 Å². The van der Waals surface area contributed by atoms with Gasteiger partial charge in [-0.05, 0) is 37.5 Å². The van der Waals surface area contributed by atoms with Gasteiger partial charge in [0.25, 0.3) is 11.5 Å². The highest BCUT2D eigenvalue weighted by Crippen LogP contribution is 2.27. The van der Waals surface area contributed by atoms with Gasteiger partial charge in [-0.15, -0.1) is 0 Å². The summed E-state index contributed by atoms with van der Waals surface area (Å²) in [7, 11) is 2.20. The van der Waals surface area contributed by atoms with Crippen LogP contribution in [0.5, 0.6) is 5.75 Å². The second-order valence-corrected chi connectivity index (χ2v) is 6.93. The number of likely N-dealkylation sites (tertiary alicyclic amines) is 1. The van der Waals surface area contributed by atoms with Crippen molar-refractivity contribution in [1.82, 2.24) is 9.47 Å². The summed E-state index contributed by atoms with van der Waals surface area (Å²) in [6, 6.07) is 5.44. The van der Waals surface area contributed by atoms with E-state index in [2.05, 4.69) is 0 Å². The van der Waals surface area contributed by atoms with E-state index in [9.17, 15) is 24.3 Å². The van der Waals surface area contributed by atoms with Gasteiger partial charge in [0.15, 0.2) is 0 Å². The zero-order valence-corrected chi connectivity index (χ0v) is 16.9. The summed E-state index contributed by atoms with van der Waals surface area (Å²) in [4.78, 5) is 52.9. The fourth-order valence-corrected chi connectivity index (χ4v) is 3.52. The third kappa shape index (κ3) is 3.66. The summed E-state index contributed by atoms with van der Waals surface area (Å²) in [5.41, 5.74) is -1.15. The molecule has 1 amide bonds. The number of hydrogen-bond donors (Lipinski definition) is 1. The number of carbonyl (C=O) groups is 3. The molecule has 2 heterocycles. The van der Waals surface area contributed by atoms with Crippen LogP contribution in [0, 0.1) is 6.92 Å². The number of hydrogen-bond acceptors (Lipinski definition) is 7. The highest BCUT2D eigenvalue weighted by molar-refractivity contribution is 6.11. The van der Waals surface area contributed by atoms with Gasteiger partial charge in [0.1, 0.15) is 17.0 Å². The lowest BCUT2D eigenvalue weighted by atomic mass is 10.0. The first-order chi connectivity index (χ1) is 14.3. The summed E-state index contributed by atoms with van der Waals surface area (Å²) in [5.74, 6) is -2.80. The predicted molar refractivity (Wildman–Crippen MR) is 106 cm³/mol. The number of nitrogens with zero attached hydrogens (tertiary/aromatic N) is 2. The van der Waals surface area contributed by atoms with E-state index in [0.29, 0.717) is 13.1 Å². The van der Waals surface area contributed by atoms with Crippen LogP contribution in [0.25, 0.3) is 5.69 Å². The Kier molecular flexibility index (Phi) is 5.91. The number of carbonyl (C=O) groups excluding carboxylic acids is 3. The number of amides is 1. The molecule has 1 aromatic carbocycles. The van der Waals surface area contributed by atoms with Gasteiger partial charge in [0, 0.05) is 19.2 Å². The van der Waals surface area contributed by atoms with Gasteiger partial charge in [-0.2, -0.15) is 0 Å². The van der Waals surface area contributed by atoms with Crippen molar-refractivity contribution >= 4 is 17.8 Å². The number of methoxy groups -OCH3 is 2. The van der Waals surface area contributed by atoms with E-state index in [1.54, 1.807) is 13.0 Å². The minimum atomic E-state index is -0.974. The number of ether oxygens (including phenoxy) is 2. The summed E-state index contributed by atoms with van der Waals surface area (Å²) in [5, 5.41) is 10.5. The summed E-state index contributed by atoms with van der Waals surface area (Å²) < 4.78 is 10.5. The predicted octanol–water partition coefficient (Wildman–Crippen LogP) is 1.66. The lowest BCUT2D eigenvalue weighted by molar-refractivity contribution is 0.0549. The Morgan fingerprint density at radius 2 is 1.63 bits per heavy atom. The molecule has 1 saturated heterocycles. The monoisotopic (exact) mass is 414 g/mol. The lowest BCUT2D eigenvalue weighted by Gasteiger charge is -2.22. The lowest BCUT2D eigenvalue weighted by Crippen LogP contribution is -2.37. The minimum Gasteiger partial charge on any atom is -0.506 e. The van der Waals surface area contributed by atoms with E-state index >= 15 is 0 Å². The Hall–Kier alpha value is -3.62. The number of esters is 2. The van der Waals surface area contributed by atoms with Crippen LogP contribution < -0.4 is 5.56 Å². The van der Waals surface area contributed by atoms with Gasteiger partial charge >= 0.3 is 11.9 Å². The van der Waals surface area contributed by atoms with E-state index < -0.39 is 23.4 Å². The first-order valence-electron chi connectivity index (χ1n) is 9.36. The average molecular weight is 414 g/mol. The van der Waals surface area contributed by atoms with E-state index in [0.717, 1.165) is 43.3 Å². The Balaban J connectivity index is 2.43. The first kappa shape index (κ1) is 21.1. The van der Waals surface area contributed by atoms with Crippen LogP contribution in [0.1, 0.15) is 49.6 Å². The van der Waals surface area contributed by atoms with Crippen molar-refractivity contribution in [3.05, 3.63) is 57.0 Å². The van der Waals surface area contributed by atoms with Crippen LogP contribution in [0.15, 0.2) is 29.1 Å². The minimum absolute atomic E-state index is 0.00900. The van der Waals surface area contributed by atoms with E-state index in [1.807, 2.05) is 0 Å². The summed E-state index contributed by atoms with van der Waals surface area (Å²) in [6.07, 6.45) is 1.55.